The number of aromatic nitrogens is 1. The fourth-order valence-electron chi connectivity index (χ4n) is 2.29. The van der Waals surface area contributed by atoms with Crippen LogP contribution in [-0.4, -0.2) is 18.1 Å². The minimum atomic E-state index is -0.421. The summed E-state index contributed by atoms with van der Waals surface area (Å²) in [4.78, 5) is 16.6. The van der Waals surface area contributed by atoms with Crippen molar-refractivity contribution in [1.82, 2.24) is 4.98 Å². The highest BCUT2D eigenvalue weighted by molar-refractivity contribution is 5.76. The summed E-state index contributed by atoms with van der Waals surface area (Å²) < 4.78 is 16.2. The van der Waals surface area contributed by atoms with E-state index < -0.39 is 5.97 Å². The minimum absolute atomic E-state index is 0.0280. The Hall–Kier alpha value is -3.08. The number of esters is 1. The van der Waals surface area contributed by atoms with Crippen LogP contribution in [0.3, 0.4) is 0 Å². The van der Waals surface area contributed by atoms with Crippen LogP contribution < -0.4 is 9.47 Å². The van der Waals surface area contributed by atoms with Crippen molar-refractivity contribution in [3.05, 3.63) is 66.1 Å². The Morgan fingerprint density at radius 1 is 1.04 bits per heavy atom. The van der Waals surface area contributed by atoms with Gasteiger partial charge in [-0.25, -0.2) is 4.98 Å². The van der Waals surface area contributed by atoms with Gasteiger partial charge in [-0.3, -0.25) is 4.79 Å². The van der Waals surface area contributed by atoms with Gasteiger partial charge in [0.05, 0.1) is 19.2 Å². The third-order valence-corrected chi connectivity index (χ3v) is 3.52. The van der Waals surface area contributed by atoms with E-state index in [1.54, 1.807) is 25.1 Å². The van der Waals surface area contributed by atoms with Crippen LogP contribution in [-0.2, 0) is 11.2 Å². The molecule has 0 unspecified atom stereocenters. The van der Waals surface area contributed by atoms with Crippen molar-refractivity contribution in [3.8, 4) is 23.0 Å². The lowest BCUT2D eigenvalue weighted by atomic mass is 10.2. The Bertz CT molecular complexity index is 840. The second kappa shape index (κ2) is 7.00. The van der Waals surface area contributed by atoms with Crippen molar-refractivity contribution < 1.29 is 18.7 Å². The normalized spacial score (nSPS) is 10.4. The van der Waals surface area contributed by atoms with Gasteiger partial charge in [0.15, 0.2) is 11.5 Å². The molecule has 0 saturated heterocycles. The highest BCUT2D eigenvalue weighted by Crippen LogP contribution is 2.27. The molecule has 5 nitrogen and oxygen atoms in total. The van der Waals surface area contributed by atoms with Crippen molar-refractivity contribution in [1.29, 1.82) is 0 Å². The molecule has 0 fully saturated rings. The predicted molar refractivity (Wildman–Crippen MR) is 89.0 cm³/mol. The molecule has 122 valence electrons. The summed E-state index contributed by atoms with van der Waals surface area (Å²) in [5.74, 6) is 1.57. The lowest BCUT2D eigenvalue weighted by molar-refractivity contribution is -0.133. The molecular formula is C19H17NO4. The number of nitrogens with zero attached hydrogens (tertiary/aromatic N) is 1. The molecule has 24 heavy (non-hydrogen) atoms. The lowest BCUT2D eigenvalue weighted by Crippen LogP contribution is -2.12. The molecule has 0 spiro atoms. The SMILES string of the molecule is COc1ccccc1OC(=O)Cc1nc(-c2ccccc2)oc1C. The van der Waals surface area contributed by atoms with E-state index in [-0.39, 0.29) is 6.42 Å². The monoisotopic (exact) mass is 323 g/mol. The highest BCUT2D eigenvalue weighted by atomic mass is 16.6. The van der Waals surface area contributed by atoms with E-state index in [1.165, 1.54) is 7.11 Å². The molecule has 3 aromatic rings. The van der Waals surface area contributed by atoms with Gasteiger partial charge < -0.3 is 13.9 Å². The molecule has 1 heterocycles. The zero-order valence-corrected chi connectivity index (χ0v) is 13.5. The maximum absolute atomic E-state index is 12.2. The summed E-state index contributed by atoms with van der Waals surface area (Å²) in [7, 11) is 1.53. The fraction of sp³-hybridized carbons (Fsp3) is 0.158. The summed E-state index contributed by atoms with van der Waals surface area (Å²) in [6, 6.07) is 16.5. The number of carbonyl (C=O) groups is 1. The molecule has 0 N–H and O–H groups in total. The van der Waals surface area contributed by atoms with E-state index in [1.807, 2.05) is 36.4 Å². The van der Waals surface area contributed by atoms with Gasteiger partial charge in [-0.1, -0.05) is 30.3 Å². The van der Waals surface area contributed by atoms with Gasteiger partial charge in [-0.2, -0.15) is 0 Å². The second-order valence-electron chi connectivity index (χ2n) is 5.19. The van der Waals surface area contributed by atoms with Gasteiger partial charge in [0.2, 0.25) is 5.89 Å². The zero-order valence-electron chi connectivity index (χ0n) is 13.5. The number of oxazole rings is 1. The number of aryl methyl sites for hydroxylation is 1. The molecule has 0 saturated carbocycles. The van der Waals surface area contributed by atoms with Crippen LogP contribution in [0.1, 0.15) is 11.5 Å². The van der Waals surface area contributed by atoms with Crippen LogP contribution in [0.15, 0.2) is 59.0 Å². The Labute approximate surface area is 139 Å². The average Bonchev–Trinajstić information content (AvgIpc) is 2.97. The van der Waals surface area contributed by atoms with Crippen LogP contribution in [0.4, 0.5) is 0 Å². The van der Waals surface area contributed by atoms with Crippen molar-refractivity contribution in [2.75, 3.05) is 7.11 Å². The first-order valence-corrected chi connectivity index (χ1v) is 7.53. The van der Waals surface area contributed by atoms with E-state index in [4.69, 9.17) is 13.9 Å². The molecule has 0 aliphatic carbocycles. The van der Waals surface area contributed by atoms with Gasteiger partial charge in [0, 0.05) is 5.56 Å². The minimum Gasteiger partial charge on any atom is -0.493 e. The number of ether oxygens (including phenoxy) is 2. The molecule has 5 heteroatoms. The maximum Gasteiger partial charge on any atom is 0.317 e. The smallest absolute Gasteiger partial charge is 0.317 e. The highest BCUT2D eigenvalue weighted by Gasteiger charge is 2.17. The second-order valence-corrected chi connectivity index (χ2v) is 5.19. The van der Waals surface area contributed by atoms with Gasteiger partial charge >= 0.3 is 5.97 Å². The molecule has 0 aliphatic heterocycles. The van der Waals surface area contributed by atoms with Crippen LogP contribution in [0.2, 0.25) is 0 Å². The third kappa shape index (κ3) is 3.46. The number of hydrogen-bond donors (Lipinski definition) is 0. The van der Waals surface area contributed by atoms with E-state index in [2.05, 4.69) is 4.98 Å². The van der Waals surface area contributed by atoms with Gasteiger partial charge in [0.25, 0.3) is 0 Å². The summed E-state index contributed by atoms with van der Waals surface area (Å²) in [6.07, 6.45) is 0.0280. The standard InChI is InChI=1S/C19H17NO4/c1-13-15(20-19(23-13)14-8-4-3-5-9-14)12-18(21)24-17-11-7-6-10-16(17)22-2/h3-11H,12H2,1-2H3. The quantitative estimate of drug-likeness (QED) is 0.528. The van der Waals surface area contributed by atoms with Crippen molar-refractivity contribution >= 4 is 5.97 Å². The zero-order chi connectivity index (χ0) is 16.9. The van der Waals surface area contributed by atoms with E-state index in [9.17, 15) is 4.79 Å². The number of hydrogen-bond acceptors (Lipinski definition) is 5. The van der Waals surface area contributed by atoms with Crippen LogP contribution in [0.5, 0.6) is 11.5 Å². The fourth-order valence-corrected chi connectivity index (χ4v) is 2.29. The number of methoxy groups -OCH3 is 1. The van der Waals surface area contributed by atoms with E-state index >= 15 is 0 Å². The topological polar surface area (TPSA) is 61.6 Å². The van der Waals surface area contributed by atoms with E-state index in [0.717, 1.165) is 5.56 Å². The molecule has 0 radical (unpaired) electrons. The number of para-hydroxylation sites is 2. The average molecular weight is 323 g/mol. The lowest BCUT2D eigenvalue weighted by Gasteiger charge is -2.07. The molecule has 2 aromatic carbocycles. The Morgan fingerprint density at radius 3 is 2.42 bits per heavy atom. The van der Waals surface area contributed by atoms with Crippen molar-refractivity contribution in [2.45, 2.75) is 13.3 Å². The molecule has 3 rings (SSSR count). The largest absolute Gasteiger partial charge is 0.493 e. The summed E-state index contributed by atoms with van der Waals surface area (Å²) in [6.45, 7) is 1.78. The molecule has 0 aliphatic rings. The molecule has 0 amide bonds. The van der Waals surface area contributed by atoms with Crippen molar-refractivity contribution in [2.24, 2.45) is 0 Å². The summed E-state index contributed by atoms with van der Waals surface area (Å²) in [5.41, 5.74) is 1.43. The van der Waals surface area contributed by atoms with Crippen molar-refractivity contribution in [3.63, 3.8) is 0 Å². The van der Waals surface area contributed by atoms with E-state index in [0.29, 0.717) is 28.8 Å². The predicted octanol–water partition coefficient (Wildman–Crippen LogP) is 3.81. The van der Waals surface area contributed by atoms with Gasteiger partial charge in [-0.15, -0.1) is 0 Å². The molecule has 1 aromatic heterocycles. The number of carbonyl (C=O) groups excluding carboxylic acids is 1. The molecule has 0 atom stereocenters. The third-order valence-electron chi connectivity index (χ3n) is 3.52. The van der Waals surface area contributed by atoms with Gasteiger partial charge in [0.1, 0.15) is 5.76 Å². The Morgan fingerprint density at radius 2 is 1.71 bits per heavy atom. The van der Waals surface area contributed by atoms with Crippen LogP contribution >= 0.6 is 0 Å². The van der Waals surface area contributed by atoms with Gasteiger partial charge in [-0.05, 0) is 31.2 Å². The molecule has 0 bridgehead atoms. The number of rotatable bonds is 5. The first-order chi connectivity index (χ1) is 11.7. The number of benzene rings is 2. The molecular weight excluding hydrogens is 306 g/mol. The maximum atomic E-state index is 12.2. The van der Waals surface area contributed by atoms with Crippen LogP contribution in [0.25, 0.3) is 11.5 Å². The Balaban J connectivity index is 1.74. The Kier molecular flexibility index (Phi) is 4.61. The van der Waals surface area contributed by atoms with Crippen LogP contribution in [0, 0.1) is 6.92 Å². The summed E-state index contributed by atoms with van der Waals surface area (Å²) >= 11 is 0. The first-order valence-electron chi connectivity index (χ1n) is 7.53. The summed E-state index contributed by atoms with van der Waals surface area (Å²) in [5, 5.41) is 0. The first kappa shape index (κ1) is 15.8.